The van der Waals surface area contributed by atoms with Crippen molar-refractivity contribution in [2.75, 3.05) is 19.6 Å². The molecule has 1 heterocycles. The zero-order valence-corrected chi connectivity index (χ0v) is 11.5. The fourth-order valence-corrected chi connectivity index (χ4v) is 3.54. The first-order chi connectivity index (χ1) is 8.30. The molecule has 2 fully saturated rings. The van der Waals surface area contributed by atoms with E-state index in [1.165, 1.54) is 51.6 Å². The van der Waals surface area contributed by atoms with Gasteiger partial charge in [-0.05, 0) is 26.2 Å². The standard InChI is InChI=1S/C15H28N2/c1-3-5-11-17-12-14(8-4-2)16-13-15(17)9-6-7-10-15/h3,5,14,16H,4,6-13H2,1-2H3/b5-3+. The maximum Gasteiger partial charge on any atom is 0.0338 e. The van der Waals surface area contributed by atoms with Gasteiger partial charge in [0.1, 0.15) is 0 Å². The van der Waals surface area contributed by atoms with E-state index in [2.05, 4.69) is 36.2 Å². The van der Waals surface area contributed by atoms with E-state index < -0.39 is 0 Å². The lowest BCUT2D eigenvalue weighted by atomic mass is 9.90. The molecule has 98 valence electrons. The number of hydrogen-bond donors (Lipinski definition) is 1. The summed E-state index contributed by atoms with van der Waals surface area (Å²) >= 11 is 0. The van der Waals surface area contributed by atoms with Crippen LogP contribution in [-0.2, 0) is 0 Å². The van der Waals surface area contributed by atoms with Crippen LogP contribution in [0.3, 0.4) is 0 Å². The van der Waals surface area contributed by atoms with E-state index >= 15 is 0 Å². The van der Waals surface area contributed by atoms with Crippen LogP contribution < -0.4 is 5.32 Å². The third-order valence-electron chi connectivity index (χ3n) is 4.56. The topological polar surface area (TPSA) is 15.3 Å². The highest BCUT2D eigenvalue weighted by molar-refractivity contribution is 5.03. The average molecular weight is 236 g/mol. The molecule has 0 aromatic carbocycles. The van der Waals surface area contributed by atoms with Crippen molar-refractivity contribution >= 4 is 0 Å². The molecule has 17 heavy (non-hydrogen) atoms. The highest BCUT2D eigenvalue weighted by Gasteiger charge is 2.42. The van der Waals surface area contributed by atoms with Gasteiger partial charge in [0.2, 0.25) is 0 Å². The minimum absolute atomic E-state index is 0.490. The predicted octanol–water partition coefficient (Wildman–Crippen LogP) is 2.95. The molecule has 1 spiro atoms. The third kappa shape index (κ3) is 2.92. The Kier molecular flexibility index (Phi) is 4.63. The smallest absolute Gasteiger partial charge is 0.0338 e. The van der Waals surface area contributed by atoms with E-state index in [-0.39, 0.29) is 0 Å². The Hall–Kier alpha value is -0.340. The molecule has 2 nitrogen and oxygen atoms in total. The van der Waals surface area contributed by atoms with Crippen LogP contribution in [0.15, 0.2) is 12.2 Å². The molecular formula is C15H28N2. The van der Waals surface area contributed by atoms with Gasteiger partial charge in [0, 0.05) is 31.2 Å². The van der Waals surface area contributed by atoms with Gasteiger partial charge in [-0.25, -0.2) is 0 Å². The van der Waals surface area contributed by atoms with E-state index in [1.54, 1.807) is 0 Å². The maximum absolute atomic E-state index is 3.79. The lowest BCUT2D eigenvalue weighted by Gasteiger charge is -2.48. The Labute approximate surface area is 106 Å². The van der Waals surface area contributed by atoms with E-state index in [1.807, 2.05) is 0 Å². The maximum atomic E-state index is 3.79. The highest BCUT2D eigenvalue weighted by atomic mass is 15.3. The number of hydrogen-bond acceptors (Lipinski definition) is 2. The van der Waals surface area contributed by atoms with Crippen molar-refractivity contribution in [3.05, 3.63) is 12.2 Å². The summed E-state index contributed by atoms with van der Waals surface area (Å²) in [7, 11) is 0. The molecule has 1 unspecified atom stereocenters. The fraction of sp³-hybridized carbons (Fsp3) is 0.867. The Bertz CT molecular complexity index is 254. The zero-order chi connectivity index (χ0) is 12.1. The Morgan fingerprint density at radius 3 is 2.76 bits per heavy atom. The monoisotopic (exact) mass is 236 g/mol. The van der Waals surface area contributed by atoms with Crippen molar-refractivity contribution in [2.24, 2.45) is 0 Å². The molecule has 1 N–H and O–H groups in total. The third-order valence-corrected chi connectivity index (χ3v) is 4.56. The molecule has 1 aliphatic heterocycles. The summed E-state index contributed by atoms with van der Waals surface area (Å²) in [5.74, 6) is 0. The first-order valence-electron chi connectivity index (χ1n) is 7.40. The first-order valence-corrected chi connectivity index (χ1v) is 7.40. The molecule has 1 saturated carbocycles. The van der Waals surface area contributed by atoms with Gasteiger partial charge in [0.25, 0.3) is 0 Å². The van der Waals surface area contributed by atoms with Crippen molar-refractivity contribution < 1.29 is 0 Å². The first kappa shape index (κ1) is 13.1. The minimum Gasteiger partial charge on any atom is -0.311 e. The second-order valence-corrected chi connectivity index (χ2v) is 5.77. The van der Waals surface area contributed by atoms with Crippen LogP contribution in [0.1, 0.15) is 52.4 Å². The summed E-state index contributed by atoms with van der Waals surface area (Å²) in [5, 5.41) is 3.79. The molecule has 0 aromatic rings. The quantitative estimate of drug-likeness (QED) is 0.755. The van der Waals surface area contributed by atoms with Gasteiger partial charge in [0.05, 0.1) is 0 Å². The van der Waals surface area contributed by atoms with Crippen LogP contribution in [-0.4, -0.2) is 36.1 Å². The summed E-state index contributed by atoms with van der Waals surface area (Å²) < 4.78 is 0. The van der Waals surface area contributed by atoms with Crippen LogP contribution in [0, 0.1) is 0 Å². The van der Waals surface area contributed by atoms with Crippen molar-refractivity contribution in [1.29, 1.82) is 0 Å². The number of nitrogens with zero attached hydrogens (tertiary/aromatic N) is 1. The molecule has 1 aliphatic carbocycles. The number of rotatable bonds is 4. The summed E-state index contributed by atoms with van der Waals surface area (Å²) in [5.41, 5.74) is 0.490. The van der Waals surface area contributed by atoms with Crippen LogP contribution in [0.4, 0.5) is 0 Å². The summed E-state index contributed by atoms with van der Waals surface area (Å²) in [6.45, 7) is 8.04. The molecule has 2 aliphatic rings. The SMILES string of the molecule is C/C=C/CN1CC(CCC)NCC12CCCC2. The number of allylic oxidation sites excluding steroid dienone is 1. The van der Waals surface area contributed by atoms with E-state index in [9.17, 15) is 0 Å². The van der Waals surface area contributed by atoms with Crippen LogP contribution in [0.2, 0.25) is 0 Å². The van der Waals surface area contributed by atoms with Crippen LogP contribution in [0.5, 0.6) is 0 Å². The molecule has 0 aromatic heterocycles. The Morgan fingerprint density at radius 1 is 1.35 bits per heavy atom. The largest absolute Gasteiger partial charge is 0.311 e. The summed E-state index contributed by atoms with van der Waals surface area (Å²) in [6.07, 6.45) is 12.8. The average Bonchev–Trinajstić information content (AvgIpc) is 2.80. The normalized spacial score (nSPS) is 29.4. The van der Waals surface area contributed by atoms with Crippen molar-refractivity contribution in [2.45, 2.75) is 64.0 Å². The van der Waals surface area contributed by atoms with E-state index in [0.29, 0.717) is 5.54 Å². The molecule has 2 heteroatoms. The molecule has 2 rings (SSSR count). The van der Waals surface area contributed by atoms with E-state index in [0.717, 1.165) is 12.6 Å². The molecule has 0 radical (unpaired) electrons. The van der Waals surface area contributed by atoms with Gasteiger partial charge in [-0.15, -0.1) is 0 Å². The van der Waals surface area contributed by atoms with Crippen molar-refractivity contribution in [3.8, 4) is 0 Å². The van der Waals surface area contributed by atoms with Gasteiger partial charge < -0.3 is 5.32 Å². The second kappa shape index (κ2) is 6.01. The van der Waals surface area contributed by atoms with Crippen molar-refractivity contribution in [1.82, 2.24) is 10.2 Å². The van der Waals surface area contributed by atoms with Gasteiger partial charge in [0.15, 0.2) is 0 Å². The van der Waals surface area contributed by atoms with Crippen molar-refractivity contribution in [3.63, 3.8) is 0 Å². The molecule has 1 saturated heterocycles. The second-order valence-electron chi connectivity index (χ2n) is 5.77. The fourth-order valence-electron chi connectivity index (χ4n) is 3.54. The van der Waals surface area contributed by atoms with Gasteiger partial charge in [-0.3, -0.25) is 4.90 Å². The van der Waals surface area contributed by atoms with Gasteiger partial charge in [-0.1, -0.05) is 38.3 Å². The summed E-state index contributed by atoms with van der Waals surface area (Å²) in [4.78, 5) is 2.76. The van der Waals surface area contributed by atoms with Gasteiger partial charge >= 0.3 is 0 Å². The van der Waals surface area contributed by atoms with E-state index in [4.69, 9.17) is 0 Å². The Balaban J connectivity index is 2.01. The highest BCUT2D eigenvalue weighted by Crippen LogP contribution is 2.37. The lowest BCUT2D eigenvalue weighted by Crippen LogP contribution is -2.63. The Morgan fingerprint density at radius 2 is 2.12 bits per heavy atom. The van der Waals surface area contributed by atoms with Crippen LogP contribution >= 0.6 is 0 Å². The molecular weight excluding hydrogens is 208 g/mol. The molecule has 0 amide bonds. The lowest BCUT2D eigenvalue weighted by molar-refractivity contribution is 0.0521. The minimum atomic E-state index is 0.490. The molecule has 1 atom stereocenters. The zero-order valence-electron chi connectivity index (χ0n) is 11.5. The molecule has 0 bridgehead atoms. The van der Waals surface area contributed by atoms with Crippen LogP contribution in [0.25, 0.3) is 0 Å². The predicted molar refractivity (Wildman–Crippen MR) is 74.3 cm³/mol. The van der Waals surface area contributed by atoms with Gasteiger partial charge in [-0.2, -0.15) is 0 Å². The number of nitrogens with one attached hydrogen (secondary N) is 1. The summed E-state index contributed by atoms with van der Waals surface area (Å²) in [6, 6.07) is 0.719. The number of piperazine rings is 1.